The normalized spacial score (nSPS) is 14.9. The van der Waals surface area contributed by atoms with Gasteiger partial charge in [0.25, 0.3) is 5.91 Å². The van der Waals surface area contributed by atoms with Crippen LogP contribution in [-0.2, 0) is 0 Å². The Morgan fingerprint density at radius 2 is 1.93 bits per heavy atom. The number of aromatic nitrogens is 4. The lowest BCUT2D eigenvalue weighted by Gasteiger charge is -2.33. The number of piperidine rings is 1. The molecule has 0 spiro atoms. The van der Waals surface area contributed by atoms with Gasteiger partial charge in [0.2, 0.25) is 0 Å². The molecule has 1 N–H and O–H groups in total. The molecule has 0 aliphatic carbocycles. The second kappa shape index (κ2) is 7.83. The highest BCUT2D eigenvalue weighted by atomic mass is 32.1. The van der Waals surface area contributed by atoms with E-state index in [2.05, 4.69) is 25.5 Å². The summed E-state index contributed by atoms with van der Waals surface area (Å²) in [5.41, 5.74) is 1.64. The molecule has 152 valence electrons. The number of anilines is 1. The number of amides is 1. The molecular weight excluding hydrogens is 403 g/mol. The molecule has 0 unspecified atom stereocenters. The number of carbonyl (C=O) groups is 1. The van der Waals surface area contributed by atoms with E-state index in [0.29, 0.717) is 22.6 Å². The fourth-order valence-electron chi connectivity index (χ4n) is 3.67. The van der Waals surface area contributed by atoms with Gasteiger partial charge >= 0.3 is 0 Å². The van der Waals surface area contributed by atoms with Crippen LogP contribution in [0.1, 0.15) is 23.2 Å². The second-order valence-electron chi connectivity index (χ2n) is 7.21. The van der Waals surface area contributed by atoms with Crippen LogP contribution in [0.5, 0.6) is 0 Å². The Balaban J connectivity index is 1.32. The first-order valence-electron chi connectivity index (χ1n) is 9.74. The van der Waals surface area contributed by atoms with Gasteiger partial charge in [0, 0.05) is 30.1 Å². The summed E-state index contributed by atoms with van der Waals surface area (Å²) in [4.78, 5) is 14.4. The lowest BCUT2D eigenvalue weighted by Crippen LogP contribution is -2.45. The predicted molar refractivity (Wildman–Crippen MR) is 113 cm³/mol. The van der Waals surface area contributed by atoms with Crippen molar-refractivity contribution in [2.24, 2.45) is 0 Å². The van der Waals surface area contributed by atoms with Crippen LogP contribution in [0.15, 0.2) is 53.2 Å². The van der Waals surface area contributed by atoms with E-state index in [4.69, 9.17) is 0 Å². The molecule has 1 aliphatic heterocycles. The minimum Gasteiger partial charge on any atom is -0.355 e. The third kappa shape index (κ3) is 3.52. The Labute approximate surface area is 176 Å². The van der Waals surface area contributed by atoms with Crippen LogP contribution in [0.2, 0.25) is 0 Å². The molecule has 1 amide bonds. The molecule has 0 bridgehead atoms. The standard InChI is InChI=1S/C21H19FN6OS/c22-17-4-2-1-3-16(17)20-25-24-18-5-6-19(26-28(18)20)27-10-7-15(8-11-27)23-21(29)14-9-12-30-13-14/h1-6,9,12-13,15H,7-8,10-11H2,(H,23,29). The van der Waals surface area contributed by atoms with Crippen molar-refractivity contribution in [2.75, 3.05) is 18.0 Å². The van der Waals surface area contributed by atoms with Gasteiger partial charge in [-0.1, -0.05) is 12.1 Å². The molecule has 7 nitrogen and oxygen atoms in total. The summed E-state index contributed by atoms with van der Waals surface area (Å²) in [5.74, 6) is 0.778. The average Bonchev–Trinajstić information content (AvgIpc) is 3.45. The molecule has 0 radical (unpaired) electrons. The first kappa shape index (κ1) is 18.7. The topological polar surface area (TPSA) is 75.4 Å². The van der Waals surface area contributed by atoms with E-state index in [1.807, 2.05) is 29.0 Å². The zero-order valence-electron chi connectivity index (χ0n) is 16.0. The largest absolute Gasteiger partial charge is 0.355 e. The molecule has 5 rings (SSSR count). The van der Waals surface area contributed by atoms with Gasteiger partial charge in [-0.2, -0.15) is 15.9 Å². The molecule has 3 aromatic heterocycles. The molecule has 1 aliphatic rings. The maximum atomic E-state index is 14.2. The Morgan fingerprint density at radius 1 is 1.10 bits per heavy atom. The summed E-state index contributed by atoms with van der Waals surface area (Å²) in [6.45, 7) is 1.54. The highest BCUT2D eigenvalue weighted by Gasteiger charge is 2.23. The van der Waals surface area contributed by atoms with E-state index in [9.17, 15) is 9.18 Å². The number of rotatable bonds is 4. The van der Waals surface area contributed by atoms with Gasteiger partial charge < -0.3 is 10.2 Å². The van der Waals surface area contributed by atoms with Crippen molar-refractivity contribution in [3.05, 3.63) is 64.6 Å². The first-order valence-corrected chi connectivity index (χ1v) is 10.7. The molecule has 1 saturated heterocycles. The quantitative estimate of drug-likeness (QED) is 0.546. The summed E-state index contributed by atoms with van der Waals surface area (Å²) in [5, 5.41) is 19.8. The summed E-state index contributed by atoms with van der Waals surface area (Å²) < 4.78 is 15.8. The van der Waals surface area contributed by atoms with E-state index in [1.165, 1.54) is 17.4 Å². The van der Waals surface area contributed by atoms with Crippen LogP contribution >= 0.6 is 11.3 Å². The minimum absolute atomic E-state index is 0.0201. The molecular formula is C21H19FN6OS. The van der Waals surface area contributed by atoms with Crippen molar-refractivity contribution in [3.63, 3.8) is 0 Å². The Bertz CT molecular complexity index is 1180. The van der Waals surface area contributed by atoms with E-state index < -0.39 is 0 Å². The van der Waals surface area contributed by atoms with Gasteiger partial charge in [-0.25, -0.2) is 4.39 Å². The summed E-state index contributed by atoms with van der Waals surface area (Å²) in [6.07, 6.45) is 1.66. The number of carbonyl (C=O) groups excluding carboxylic acids is 1. The first-order chi connectivity index (χ1) is 14.7. The molecule has 9 heteroatoms. The van der Waals surface area contributed by atoms with Crippen molar-refractivity contribution < 1.29 is 9.18 Å². The Morgan fingerprint density at radius 3 is 2.70 bits per heavy atom. The molecule has 0 atom stereocenters. The lowest BCUT2D eigenvalue weighted by atomic mass is 10.0. The minimum atomic E-state index is -0.360. The fraction of sp³-hybridized carbons (Fsp3) is 0.238. The van der Waals surface area contributed by atoms with Crippen LogP contribution in [-0.4, -0.2) is 44.8 Å². The van der Waals surface area contributed by atoms with Crippen LogP contribution in [0.3, 0.4) is 0 Å². The van der Waals surface area contributed by atoms with Gasteiger partial charge in [-0.3, -0.25) is 4.79 Å². The monoisotopic (exact) mass is 422 g/mol. The van der Waals surface area contributed by atoms with Gasteiger partial charge in [0.05, 0.1) is 5.56 Å². The number of halogens is 1. The number of nitrogens with one attached hydrogen (secondary N) is 1. The van der Waals surface area contributed by atoms with Crippen molar-refractivity contribution in [3.8, 4) is 11.4 Å². The van der Waals surface area contributed by atoms with Crippen molar-refractivity contribution in [2.45, 2.75) is 18.9 Å². The number of fused-ring (bicyclic) bond motifs is 1. The third-order valence-electron chi connectivity index (χ3n) is 5.30. The maximum absolute atomic E-state index is 14.2. The highest BCUT2D eigenvalue weighted by molar-refractivity contribution is 7.08. The average molecular weight is 422 g/mol. The van der Waals surface area contributed by atoms with Gasteiger partial charge in [-0.15, -0.1) is 15.3 Å². The smallest absolute Gasteiger partial charge is 0.252 e. The lowest BCUT2D eigenvalue weighted by molar-refractivity contribution is 0.0931. The van der Waals surface area contributed by atoms with Gasteiger partial charge in [-0.05, 0) is 48.6 Å². The number of hydrogen-bond donors (Lipinski definition) is 1. The number of nitrogens with zero attached hydrogens (tertiary/aromatic N) is 5. The van der Waals surface area contributed by atoms with E-state index in [-0.39, 0.29) is 17.8 Å². The fourth-order valence-corrected chi connectivity index (χ4v) is 4.31. The van der Waals surface area contributed by atoms with Crippen molar-refractivity contribution in [1.82, 2.24) is 25.1 Å². The molecule has 0 saturated carbocycles. The zero-order chi connectivity index (χ0) is 20.5. The van der Waals surface area contributed by atoms with Crippen LogP contribution < -0.4 is 10.2 Å². The molecule has 4 aromatic rings. The number of hydrogen-bond acceptors (Lipinski definition) is 6. The third-order valence-corrected chi connectivity index (χ3v) is 5.98. The highest BCUT2D eigenvalue weighted by Crippen LogP contribution is 2.23. The molecule has 30 heavy (non-hydrogen) atoms. The van der Waals surface area contributed by atoms with Crippen LogP contribution in [0.4, 0.5) is 10.2 Å². The Kier molecular flexibility index (Phi) is 4.88. The molecule has 1 fully saturated rings. The SMILES string of the molecule is O=C(NC1CCN(c2ccc3nnc(-c4ccccc4F)n3n2)CC1)c1ccsc1. The Hall–Kier alpha value is -3.33. The van der Waals surface area contributed by atoms with Crippen LogP contribution in [0.25, 0.3) is 17.0 Å². The molecule has 4 heterocycles. The summed E-state index contributed by atoms with van der Waals surface area (Å²) in [6, 6.07) is 12.2. The number of benzene rings is 1. The zero-order valence-corrected chi connectivity index (χ0v) is 16.8. The van der Waals surface area contributed by atoms with Crippen molar-refractivity contribution in [1.29, 1.82) is 0 Å². The summed E-state index contributed by atoms with van der Waals surface area (Å²) >= 11 is 1.52. The van der Waals surface area contributed by atoms with E-state index in [0.717, 1.165) is 31.7 Å². The van der Waals surface area contributed by atoms with E-state index in [1.54, 1.807) is 22.7 Å². The van der Waals surface area contributed by atoms with E-state index >= 15 is 0 Å². The molecule has 1 aromatic carbocycles. The van der Waals surface area contributed by atoms with Gasteiger partial charge in [0.15, 0.2) is 11.5 Å². The van der Waals surface area contributed by atoms with Crippen LogP contribution in [0, 0.1) is 5.82 Å². The maximum Gasteiger partial charge on any atom is 0.252 e. The predicted octanol–water partition coefficient (Wildman–Crippen LogP) is 3.39. The summed E-state index contributed by atoms with van der Waals surface area (Å²) in [7, 11) is 0. The number of thiophene rings is 1. The van der Waals surface area contributed by atoms with Crippen molar-refractivity contribution >= 4 is 28.7 Å². The van der Waals surface area contributed by atoms with Gasteiger partial charge in [0.1, 0.15) is 11.6 Å². The second-order valence-corrected chi connectivity index (χ2v) is 7.99.